The minimum atomic E-state index is -0.284. The van der Waals surface area contributed by atoms with Crippen LogP contribution in [0.15, 0.2) is 29.6 Å². The summed E-state index contributed by atoms with van der Waals surface area (Å²) in [6.45, 7) is 0. The van der Waals surface area contributed by atoms with Gasteiger partial charge < -0.3 is 0 Å². The molecule has 2 aliphatic rings. The summed E-state index contributed by atoms with van der Waals surface area (Å²) in [4.78, 5) is 17.4. The Kier molecular flexibility index (Phi) is 4.04. The summed E-state index contributed by atoms with van der Waals surface area (Å²) in [6.07, 6.45) is 6.20. The van der Waals surface area contributed by atoms with Gasteiger partial charge in [0.2, 0.25) is 0 Å². The number of amides is 1. The number of rotatable bonds is 4. The first kappa shape index (κ1) is 16.6. The van der Waals surface area contributed by atoms with Crippen LogP contribution in [0.4, 0.5) is 9.52 Å². The molecular formula is C20H19FN4OS. The Hall–Kier alpha value is -2.54. The van der Waals surface area contributed by atoms with E-state index in [1.807, 2.05) is 5.38 Å². The van der Waals surface area contributed by atoms with Gasteiger partial charge in [0.1, 0.15) is 5.82 Å². The molecule has 7 heteroatoms. The van der Waals surface area contributed by atoms with Gasteiger partial charge in [0.05, 0.1) is 11.4 Å². The molecule has 2 aliphatic carbocycles. The van der Waals surface area contributed by atoms with Crippen molar-refractivity contribution < 1.29 is 9.18 Å². The summed E-state index contributed by atoms with van der Waals surface area (Å²) < 4.78 is 15.1. The Labute approximate surface area is 160 Å². The summed E-state index contributed by atoms with van der Waals surface area (Å²) >= 11 is 1.46. The van der Waals surface area contributed by atoms with Crippen LogP contribution in [-0.2, 0) is 12.8 Å². The molecule has 3 aromatic rings. The van der Waals surface area contributed by atoms with Crippen molar-refractivity contribution in [2.24, 2.45) is 0 Å². The van der Waals surface area contributed by atoms with Crippen LogP contribution in [0, 0.1) is 5.82 Å². The summed E-state index contributed by atoms with van der Waals surface area (Å²) in [5.41, 5.74) is 4.36. The number of hydrogen-bond acceptors (Lipinski definition) is 4. The van der Waals surface area contributed by atoms with Crippen molar-refractivity contribution in [3.05, 3.63) is 58.1 Å². The van der Waals surface area contributed by atoms with E-state index in [1.165, 1.54) is 36.3 Å². The van der Waals surface area contributed by atoms with Crippen molar-refractivity contribution in [1.82, 2.24) is 14.8 Å². The molecule has 0 radical (unpaired) electrons. The fourth-order valence-corrected chi connectivity index (χ4v) is 4.43. The van der Waals surface area contributed by atoms with Crippen molar-refractivity contribution in [1.29, 1.82) is 0 Å². The van der Waals surface area contributed by atoms with Crippen LogP contribution in [0.25, 0.3) is 5.69 Å². The number of anilines is 1. The molecule has 1 aromatic carbocycles. The monoisotopic (exact) mass is 382 g/mol. The SMILES string of the molecule is O=C(Nc1nc(C2CC2)cs1)c1nn(-c2ccc(F)cc2)c2c1CCCC2. The summed E-state index contributed by atoms with van der Waals surface area (Å²) in [7, 11) is 0. The minimum Gasteiger partial charge on any atom is -0.296 e. The van der Waals surface area contributed by atoms with Crippen molar-refractivity contribution in [3.8, 4) is 5.69 Å². The maximum atomic E-state index is 13.3. The third kappa shape index (κ3) is 3.16. The number of carbonyl (C=O) groups excluding carboxylic acids is 1. The first-order valence-corrected chi connectivity index (χ1v) is 10.2. The molecule has 0 aliphatic heterocycles. The van der Waals surface area contributed by atoms with Gasteiger partial charge in [-0.1, -0.05) is 0 Å². The summed E-state index contributed by atoms with van der Waals surface area (Å²) in [5, 5.41) is 10.2. The van der Waals surface area contributed by atoms with Crippen molar-refractivity contribution >= 4 is 22.4 Å². The highest BCUT2D eigenvalue weighted by atomic mass is 32.1. The van der Waals surface area contributed by atoms with Crippen molar-refractivity contribution in [3.63, 3.8) is 0 Å². The number of carbonyl (C=O) groups is 1. The molecule has 0 bridgehead atoms. The fraction of sp³-hybridized carbons (Fsp3) is 0.350. The quantitative estimate of drug-likeness (QED) is 0.724. The second kappa shape index (κ2) is 6.56. The Morgan fingerprint density at radius 2 is 1.96 bits per heavy atom. The van der Waals surface area contributed by atoms with Gasteiger partial charge in [-0.3, -0.25) is 10.1 Å². The Morgan fingerprint density at radius 3 is 2.74 bits per heavy atom. The number of halogens is 1. The summed E-state index contributed by atoms with van der Waals surface area (Å²) in [6, 6.07) is 6.23. The normalized spacial score (nSPS) is 16.2. The minimum absolute atomic E-state index is 0.217. The molecule has 5 nitrogen and oxygen atoms in total. The highest BCUT2D eigenvalue weighted by Gasteiger charge is 2.28. The van der Waals surface area contributed by atoms with Gasteiger partial charge in [-0.25, -0.2) is 14.1 Å². The highest BCUT2D eigenvalue weighted by Crippen LogP contribution is 2.41. The third-order valence-electron chi connectivity index (χ3n) is 5.20. The zero-order chi connectivity index (χ0) is 18.4. The van der Waals surface area contributed by atoms with Crippen molar-refractivity contribution in [2.45, 2.75) is 44.4 Å². The predicted octanol–water partition coefficient (Wildman–Crippen LogP) is 4.48. The van der Waals surface area contributed by atoms with Crippen LogP contribution in [0.5, 0.6) is 0 Å². The van der Waals surface area contributed by atoms with Gasteiger partial charge in [0, 0.05) is 22.6 Å². The smallest absolute Gasteiger partial charge is 0.278 e. The molecule has 1 saturated carbocycles. The standard InChI is InChI=1S/C20H19FN4OS/c21-13-7-9-14(10-8-13)25-17-4-2-1-3-15(17)18(24-25)19(26)23-20-22-16(11-27-20)12-5-6-12/h7-12H,1-6H2,(H,22,23,26). The number of benzene rings is 1. The van der Waals surface area contributed by atoms with E-state index >= 15 is 0 Å². The number of nitrogens with zero attached hydrogens (tertiary/aromatic N) is 3. The van der Waals surface area contributed by atoms with E-state index in [9.17, 15) is 9.18 Å². The average Bonchev–Trinajstić information content (AvgIpc) is 3.31. The number of hydrogen-bond donors (Lipinski definition) is 1. The van der Waals surface area contributed by atoms with E-state index in [1.54, 1.807) is 16.8 Å². The van der Waals surface area contributed by atoms with Crippen LogP contribution < -0.4 is 5.32 Å². The van der Waals surface area contributed by atoms with Crippen LogP contribution in [-0.4, -0.2) is 20.7 Å². The number of nitrogens with one attached hydrogen (secondary N) is 1. The zero-order valence-corrected chi connectivity index (χ0v) is 15.6. The molecular weight excluding hydrogens is 363 g/mol. The number of aromatic nitrogens is 3. The number of thiazole rings is 1. The first-order valence-electron chi connectivity index (χ1n) is 9.32. The Bertz CT molecular complexity index is 1000. The molecule has 5 rings (SSSR count). The molecule has 0 unspecified atom stereocenters. The van der Waals surface area contributed by atoms with Gasteiger partial charge in [0.15, 0.2) is 10.8 Å². The van der Waals surface area contributed by atoms with Crippen LogP contribution in [0.2, 0.25) is 0 Å². The second-order valence-corrected chi connectivity index (χ2v) is 8.03. The molecule has 1 fully saturated rings. The topological polar surface area (TPSA) is 59.8 Å². The highest BCUT2D eigenvalue weighted by molar-refractivity contribution is 7.14. The average molecular weight is 382 g/mol. The van der Waals surface area contributed by atoms with E-state index in [4.69, 9.17) is 0 Å². The Morgan fingerprint density at radius 1 is 1.19 bits per heavy atom. The maximum Gasteiger partial charge on any atom is 0.278 e. The Balaban J connectivity index is 1.47. The van der Waals surface area contributed by atoms with Crippen molar-refractivity contribution in [2.75, 3.05) is 5.32 Å². The molecule has 27 heavy (non-hydrogen) atoms. The lowest BCUT2D eigenvalue weighted by Crippen LogP contribution is -2.15. The zero-order valence-electron chi connectivity index (χ0n) is 14.7. The largest absolute Gasteiger partial charge is 0.296 e. The van der Waals surface area contributed by atoms with Gasteiger partial charge in [-0.15, -0.1) is 11.3 Å². The molecule has 2 heterocycles. The lowest BCUT2D eigenvalue weighted by Gasteiger charge is -2.14. The molecule has 0 spiro atoms. The van der Waals surface area contributed by atoms with Gasteiger partial charge in [-0.05, 0) is 62.8 Å². The predicted molar refractivity (Wildman–Crippen MR) is 102 cm³/mol. The molecule has 0 atom stereocenters. The van der Waals surface area contributed by atoms with Gasteiger partial charge in [0.25, 0.3) is 5.91 Å². The first-order chi connectivity index (χ1) is 13.2. The molecule has 138 valence electrons. The maximum absolute atomic E-state index is 13.3. The lowest BCUT2D eigenvalue weighted by atomic mass is 9.95. The van der Waals surface area contributed by atoms with E-state index in [-0.39, 0.29) is 11.7 Å². The molecule has 2 aromatic heterocycles. The third-order valence-corrected chi connectivity index (χ3v) is 5.98. The van der Waals surface area contributed by atoms with E-state index in [0.717, 1.165) is 48.3 Å². The van der Waals surface area contributed by atoms with Crippen LogP contribution >= 0.6 is 11.3 Å². The fourth-order valence-electron chi connectivity index (χ4n) is 3.64. The van der Waals surface area contributed by atoms with Gasteiger partial charge >= 0.3 is 0 Å². The second-order valence-electron chi connectivity index (χ2n) is 7.18. The van der Waals surface area contributed by atoms with Crippen LogP contribution in [0.3, 0.4) is 0 Å². The molecule has 0 saturated heterocycles. The number of fused-ring (bicyclic) bond motifs is 1. The molecule has 1 amide bonds. The van der Waals surface area contributed by atoms with E-state index in [0.29, 0.717) is 16.7 Å². The van der Waals surface area contributed by atoms with Gasteiger partial charge in [-0.2, -0.15) is 5.10 Å². The molecule has 1 N–H and O–H groups in total. The van der Waals surface area contributed by atoms with E-state index < -0.39 is 0 Å². The van der Waals surface area contributed by atoms with Crippen LogP contribution in [0.1, 0.15) is 59.0 Å². The summed E-state index contributed by atoms with van der Waals surface area (Å²) in [5.74, 6) is 0.0658. The van der Waals surface area contributed by atoms with E-state index in [2.05, 4.69) is 15.4 Å². The lowest BCUT2D eigenvalue weighted by molar-refractivity contribution is 0.102.